The molecule has 0 saturated heterocycles. The Bertz CT molecular complexity index is 606. The average molecular weight is 545 g/mol. The van der Waals surface area contributed by atoms with Crippen LogP contribution in [0.5, 0.6) is 0 Å². The quantitative estimate of drug-likeness (QED) is 0.0880. The summed E-state index contributed by atoms with van der Waals surface area (Å²) in [5.41, 5.74) is 0. The minimum atomic E-state index is 0.590. The Morgan fingerprint density at radius 1 is 0.487 bits per heavy atom. The number of aromatic nitrogens is 2. The van der Waals surface area contributed by atoms with E-state index in [4.69, 9.17) is 4.98 Å². The summed E-state index contributed by atoms with van der Waals surface area (Å²) >= 11 is 0. The van der Waals surface area contributed by atoms with Crippen LogP contribution in [0.2, 0.25) is 0 Å². The van der Waals surface area contributed by atoms with Crippen LogP contribution >= 0.6 is 0 Å². The topological polar surface area (TPSA) is 17.8 Å². The molecule has 0 spiro atoms. The van der Waals surface area contributed by atoms with Crippen LogP contribution in [0.15, 0.2) is 12.4 Å². The van der Waals surface area contributed by atoms with E-state index >= 15 is 0 Å². The van der Waals surface area contributed by atoms with Crippen LogP contribution in [-0.4, -0.2) is 9.55 Å². The molecule has 0 N–H and O–H groups in total. The van der Waals surface area contributed by atoms with Gasteiger partial charge >= 0.3 is 0 Å². The molecule has 1 aromatic heterocycles. The van der Waals surface area contributed by atoms with Crippen molar-refractivity contribution in [2.75, 3.05) is 0 Å². The van der Waals surface area contributed by atoms with Gasteiger partial charge in [-0.1, -0.05) is 181 Å². The van der Waals surface area contributed by atoms with Crippen LogP contribution in [0.3, 0.4) is 0 Å². The van der Waals surface area contributed by atoms with E-state index in [0.717, 1.165) is 0 Å². The molecule has 0 aliphatic rings. The number of hydrogen-bond acceptors (Lipinski definition) is 1. The molecule has 0 aliphatic carbocycles. The second-order valence-corrected chi connectivity index (χ2v) is 12.9. The highest BCUT2D eigenvalue weighted by molar-refractivity contribution is 5.02. The fraction of sp³-hybridized carbons (Fsp3) is 0.919. The first-order chi connectivity index (χ1) is 19.2. The molecular formula is C37H72N2. The molecule has 2 nitrogen and oxygen atoms in total. The lowest BCUT2D eigenvalue weighted by Crippen LogP contribution is -2.13. The van der Waals surface area contributed by atoms with E-state index in [1.165, 1.54) is 186 Å². The number of imidazole rings is 1. The fourth-order valence-electron chi connectivity index (χ4n) is 6.35. The van der Waals surface area contributed by atoms with Crippen LogP contribution in [0.4, 0.5) is 0 Å². The standard InChI is InChI=1S/C37H72N2/c1-5-8-11-13-15-17-19-21-23-25-28-30-35(4)39-34-33-38-37(39)36(31-27-10-7-3)32-29-26-24-22-20-18-16-14-12-9-6-2/h33-36H,5-32H2,1-4H3. The lowest BCUT2D eigenvalue weighted by molar-refractivity contribution is 0.414. The zero-order chi connectivity index (χ0) is 28.2. The predicted molar refractivity (Wildman–Crippen MR) is 176 cm³/mol. The average Bonchev–Trinajstić information content (AvgIpc) is 3.43. The molecule has 2 heteroatoms. The van der Waals surface area contributed by atoms with Crippen molar-refractivity contribution >= 4 is 0 Å². The summed E-state index contributed by atoms with van der Waals surface area (Å²) in [5, 5.41) is 0. The van der Waals surface area contributed by atoms with Gasteiger partial charge in [0.05, 0.1) is 0 Å². The van der Waals surface area contributed by atoms with Gasteiger partial charge < -0.3 is 4.57 Å². The second-order valence-electron chi connectivity index (χ2n) is 12.9. The summed E-state index contributed by atoms with van der Waals surface area (Å²) in [6.07, 6.45) is 43.8. The third-order valence-electron chi connectivity index (χ3n) is 9.08. The first-order valence-corrected chi connectivity index (χ1v) is 18.3. The van der Waals surface area contributed by atoms with E-state index in [2.05, 4.69) is 44.7 Å². The zero-order valence-electron chi connectivity index (χ0n) is 27.5. The van der Waals surface area contributed by atoms with E-state index < -0.39 is 0 Å². The lowest BCUT2D eigenvalue weighted by Gasteiger charge is -2.22. The van der Waals surface area contributed by atoms with E-state index in [1.807, 2.05) is 0 Å². The van der Waals surface area contributed by atoms with Crippen LogP contribution in [-0.2, 0) is 0 Å². The van der Waals surface area contributed by atoms with Crippen molar-refractivity contribution in [2.45, 2.75) is 219 Å². The molecule has 2 unspecified atom stereocenters. The Hall–Kier alpha value is -0.790. The van der Waals surface area contributed by atoms with Crippen molar-refractivity contribution in [3.63, 3.8) is 0 Å². The molecule has 1 rings (SSSR count). The van der Waals surface area contributed by atoms with Gasteiger partial charge in [0.2, 0.25) is 0 Å². The van der Waals surface area contributed by atoms with Crippen molar-refractivity contribution in [3.8, 4) is 0 Å². The van der Waals surface area contributed by atoms with Crippen molar-refractivity contribution in [3.05, 3.63) is 18.2 Å². The van der Waals surface area contributed by atoms with Crippen molar-refractivity contribution in [2.24, 2.45) is 0 Å². The summed E-state index contributed by atoms with van der Waals surface area (Å²) in [6, 6.07) is 0.590. The summed E-state index contributed by atoms with van der Waals surface area (Å²) in [6.45, 7) is 9.38. The van der Waals surface area contributed by atoms with Crippen LogP contribution in [0, 0.1) is 0 Å². The molecule has 39 heavy (non-hydrogen) atoms. The Balaban J connectivity index is 2.30. The Kier molecular flexibility index (Phi) is 25.4. The van der Waals surface area contributed by atoms with Gasteiger partial charge in [0.25, 0.3) is 0 Å². The highest BCUT2D eigenvalue weighted by Crippen LogP contribution is 2.30. The third-order valence-corrected chi connectivity index (χ3v) is 9.08. The van der Waals surface area contributed by atoms with Gasteiger partial charge in [0.15, 0.2) is 0 Å². The van der Waals surface area contributed by atoms with Gasteiger partial charge in [-0.2, -0.15) is 0 Å². The summed E-state index contributed by atoms with van der Waals surface area (Å²) in [5.74, 6) is 2.05. The predicted octanol–water partition coefficient (Wildman–Crippen LogP) is 13.5. The van der Waals surface area contributed by atoms with Crippen molar-refractivity contribution in [1.82, 2.24) is 9.55 Å². The molecule has 0 saturated carbocycles. The van der Waals surface area contributed by atoms with Gasteiger partial charge in [-0.15, -0.1) is 0 Å². The second kappa shape index (κ2) is 27.4. The van der Waals surface area contributed by atoms with E-state index in [-0.39, 0.29) is 0 Å². The smallest absolute Gasteiger partial charge is 0.111 e. The lowest BCUT2D eigenvalue weighted by atomic mass is 9.93. The van der Waals surface area contributed by atoms with Crippen LogP contribution < -0.4 is 0 Å². The summed E-state index contributed by atoms with van der Waals surface area (Å²) in [4.78, 5) is 4.95. The molecule has 1 heterocycles. The molecule has 2 atom stereocenters. The van der Waals surface area contributed by atoms with Crippen LogP contribution in [0.1, 0.15) is 225 Å². The zero-order valence-corrected chi connectivity index (χ0v) is 27.5. The maximum Gasteiger partial charge on any atom is 0.111 e. The monoisotopic (exact) mass is 545 g/mol. The first kappa shape index (κ1) is 36.2. The Labute approximate surface area is 246 Å². The van der Waals surface area contributed by atoms with Gasteiger partial charge in [-0.05, 0) is 26.2 Å². The van der Waals surface area contributed by atoms with E-state index in [9.17, 15) is 0 Å². The summed E-state index contributed by atoms with van der Waals surface area (Å²) in [7, 11) is 0. The highest BCUT2D eigenvalue weighted by Gasteiger charge is 2.19. The maximum absolute atomic E-state index is 4.95. The molecule has 0 aliphatic heterocycles. The SMILES string of the molecule is CCCCCCCCCCCCCC(CCCCC)c1nccn1C(C)CCCCCCCCCCCCC. The molecule has 230 valence electrons. The van der Waals surface area contributed by atoms with Crippen LogP contribution in [0.25, 0.3) is 0 Å². The van der Waals surface area contributed by atoms with Gasteiger partial charge in [0.1, 0.15) is 5.82 Å². The number of unbranched alkanes of at least 4 members (excludes halogenated alkanes) is 22. The highest BCUT2D eigenvalue weighted by atomic mass is 15.1. The largest absolute Gasteiger partial charge is 0.332 e. The van der Waals surface area contributed by atoms with E-state index in [1.54, 1.807) is 0 Å². The molecule has 0 radical (unpaired) electrons. The number of rotatable bonds is 30. The fourth-order valence-corrected chi connectivity index (χ4v) is 6.35. The molecular weight excluding hydrogens is 472 g/mol. The maximum atomic E-state index is 4.95. The normalized spacial score (nSPS) is 13.2. The molecule has 0 aromatic carbocycles. The van der Waals surface area contributed by atoms with Gasteiger partial charge in [0, 0.05) is 24.4 Å². The minimum absolute atomic E-state index is 0.590. The molecule has 0 fully saturated rings. The van der Waals surface area contributed by atoms with E-state index in [0.29, 0.717) is 12.0 Å². The van der Waals surface area contributed by atoms with Gasteiger partial charge in [-0.25, -0.2) is 4.98 Å². The summed E-state index contributed by atoms with van der Waals surface area (Å²) < 4.78 is 2.56. The molecule has 0 bridgehead atoms. The van der Waals surface area contributed by atoms with Crippen molar-refractivity contribution < 1.29 is 0 Å². The minimum Gasteiger partial charge on any atom is -0.332 e. The van der Waals surface area contributed by atoms with Crippen molar-refractivity contribution in [1.29, 1.82) is 0 Å². The Morgan fingerprint density at radius 2 is 0.821 bits per heavy atom. The number of hydrogen-bond donors (Lipinski definition) is 0. The third kappa shape index (κ3) is 19.8. The first-order valence-electron chi connectivity index (χ1n) is 18.3. The molecule has 1 aromatic rings. The van der Waals surface area contributed by atoms with Gasteiger partial charge in [-0.3, -0.25) is 0 Å². The number of nitrogens with zero attached hydrogens (tertiary/aromatic N) is 2. The Morgan fingerprint density at radius 3 is 1.26 bits per heavy atom. The molecule has 0 amide bonds.